The number of carbonyl (C=O) groups excluding carboxylic acids is 1. The molecule has 0 radical (unpaired) electrons. The first-order valence-electron chi connectivity index (χ1n) is 12.9. The summed E-state index contributed by atoms with van der Waals surface area (Å²) in [4.78, 5) is 29.0. The van der Waals surface area contributed by atoms with Gasteiger partial charge in [0.05, 0.1) is 36.8 Å². The molecule has 1 fully saturated rings. The zero-order valence-corrected chi connectivity index (χ0v) is 21.0. The van der Waals surface area contributed by atoms with Crippen molar-refractivity contribution in [2.45, 2.75) is 57.6 Å². The molecular formula is C29H33NO6. The van der Waals surface area contributed by atoms with Gasteiger partial charge in [0, 0.05) is 13.2 Å². The summed E-state index contributed by atoms with van der Waals surface area (Å²) in [6.45, 7) is 3.87. The Balaban J connectivity index is 1.53. The number of para-hydroxylation sites is 1. The van der Waals surface area contributed by atoms with Crippen LogP contribution in [0.15, 0.2) is 51.7 Å². The number of nitrogens with zero attached hydrogens (tertiary/aromatic N) is 1. The van der Waals surface area contributed by atoms with Gasteiger partial charge in [-0.3, -0.25) is 9.59 Å². The van der Waals surface area contributed by atoms with Gasteiger partial charge >= 0.3 is 0 Å². The highest BCUT2D eigenvalue weighted by Gasteiger charge is 2.44. The van der Waals surface area contributed by atoms with Crippen LogP contribution in [0.5, 0.6) is 11.5 Å². The Kier molecular flexibility index (Phi) is 7.28. The van der Waals surface area contributed by atoms with Crippen LogP contribution in [0.2, 0.25) is 0 Å². The van der Waals surface area contributed by atoms with Crippen LogP contribution in [0.4, 0.5) is 0 Å². The van der Waals surface area contributed by atoms with Crippen molar-refractivity contribution < 1.29 is 23.4 Å². The SMILES string of the molecule is CCCCCCOc1ccc(C2c3c(oc4ccccc4c3=O)C(=O)N2CC2CCCO2)cc1OC. The maximum atomic E-state index is 13.7. The number of amides is 1. The predicted molar refractivity (Wildman–Crippen MR) is 137 cm³/mol. The molecule has 190 valence electrons. The highest BCUT2D eigenvalue weighted by atomic mass is 16.5. The maximum Gasteiger partial charge on any atom is 0.291 e. The van der Waals surface area contributed by atoms with Crippen LogP contribution in [-0.4, -0.2) is 43.8 Å². The molecule has 3 heterocycles. The number of benzene rings is 2. The van der Waals surface area contributed by atoms with Crippen molar-refractivity contribution >= 4 is 16.9 Å². The van der Waals surface area contributed by atoms with Crippen molar-refractivity contribution in [1.29, 1.82) is 0 Å². The molecule has 2 aliphatic rings. The number of methoxy groups -OCH3 is 1. The zero-order valence-electron chi connectivity index (χ0n) is 21.0. The molecule has 0 saturated carbocycles. The molecule has 2 atom stereocenters. The lowest BCUT2D eigenvalue weighted by atomic mass is 9.97. The Morgan fingerprint density at radius 3 is 2.69 bits per heavy atom. The normalized spacial score (nSPS) is 19.2. The van der Waals surface area contributed by atoms with E-state index >= 15 is 0 Å². The largest absolute Gasteiger partial charge is 0.493 e. The fraction of sp³-hybridized carbons (Fsp3) is 0.448. The molecular weight excluding hydrogens is 458 g/mol. The number of rotatable bonds is 10. The van der Waals surface area contributed by atoms with E-state index in [2.05, 4.69) is 6.92 Å². The van der Waals surface area contributed by atoms with Crippen LogP contribution in [0.25, 0.3) is 11.0 Å². The van der Waals surface area contributed by atoms with Crippen molar-refractivity contribution in [3.63, 3.8) is 0 Å². The molecule has 2 aliphatic heterocycles. The number of hydrogen-bond acceptors (Lipinski definition) is 6. The van der Waals surface area contributed by atoms with Gasteiger partial charge in [-0.15, -0.1) is 0 Å². The van der Waals surface area contributed by atoms with Crippen molar-refractivity contribution in [3.05, 3.63) is 69.6 Å². The summed E-state index contributed by atoms with van der Waals surface area (Å²) in [7, 11) is 1.60. The summed E-state index contributed by atoms with van der Waals surface area (Å²) in [5, 5.41) is 0.465. The summed E-state index contributed by atoms with van der Waals surface area (Å²) in [6, 6.07) is 12.1. The van der Waals surface area contributed by atoms with Crippen LogP contribution in [0.3, 0.4) is 0 Å². The van der Waals surface area contributed by atoms with Crippen LogP contribution in [0, 0.1) is 0 Å². The van der Waals surface area contributed by atoms with E-state index < -0.39 is 6.04 Å². The molecule has 1 aromatic heterocycles. The Labute approximate surface area is 210 Å². The fourth-order valence-electron chi connectivity index (χ4n) is 5.19. The molecule has 3 aromatic rings. The Bertz CT molecular complexity index is 1290. The van der Waals surface area contributed by atoms with Crippen molar-refractivity contribution in [3.8, 4) is 11.5 Å². The summed E-state index contributed by atoms with van der Waals surface area (Å²) in [5.41, 5.74) is 1.37. The number of ether oxygens (including phenoxy) is 3. The van der Waals surface area contributed by atoms with Gasteiger partial charge in [-0.1, -0.05) is 44.4 Å². The predicted octanol–water partition coefficient (Wildman–Crippen LogP) is 5.48. The molecule has 7 nitrogen and oxygen atoms in total. The van der Waals surface area contributed by atoms with E-state index in [4.69, 9.17) is 18.6 Å². The van der Waals surface area contributed by atoms with Gasteiger partial charge in [0.1, 0.15) is 5.58 Å². The lowest BCUT2D eigenvalue weighted by Gasteiger charge is -2.28. The first kappa shape index (κ1) is 24.4. The van der Waals surface area contributed by atoms with Gasteiger partial charge in [0.15, 0.2) is 16.9 Å². The van der Waals surface area contributed by atoms with Crippen molar-refractivity contribution in [1.82, 2.24) is 4.90 Å². The Morgan fingerprint density at radius 2 is 1.92 bits per heavy atom. The summed E-state index contributed by atoms with van der Waals surface area (Å²) in [5.74, 6) is 1.05. The van der Waals surface area contributed by atoms with E-state index in [1.165, 1.54) is 12.8 Å². The first-order valence-corrected chi connectivity index (χ1v) is 12.9. The lowest BCUT2D eigenvalue weighted by Crippen LogP contribution is -2.36. The van der Waals surface area contributed by atoms with Crippen molar-refractivity contribution in [2.24, 2.45) is 0 Å². The van der Waals surface area contributed by atoms with Gasteiger partial charge < -0.3 is 23.5 Å². The monoisotopic (exact) mass is 491 g/mol. The average molecular weight is 492 g/mol. The quantitative estimate of drug-likeness (QED) is 0.349. The van der Waals surface area contributed by atoms with E-state index in [1.54, 1.807) is 36.3 Å². The minimum absolute atomic E-state index is 0.0668. The van der Waals surface area contributed by atoms with E-state index in [0.29, 0.717) is 47.8 Å². The third-order valence-corrected chi connectivity index (χ3v) is 7.06. The van der Waals surface area contributed by atoms with Gasteiger partial charge in [-0.2, -0.15) is 0 Å². The number of unbranched alkanes of at least 4 members (excludes halogenated alkanes) is 3. The standard InChI is InChI=1S/C29H33NO6/c1-3-4-5-8-15-35-23-14-13-19(17-24(23)33-2)26-25-27(31)21-11-6-7-12-22(21)36-28(25)29(32)30(26)18-20-10-9-16-34-20/h6-7,11-14,17,20,26H,3-5,8-10,15-16,18H2,1-2H3. The van der Waals surface area contributed by atoms with Crippen LogP contribution >= 0.6 is 0 Å². The van der Waals surface area contributed by atoms with Crippen LogP contribution < -0.4 is 14.9 Å². The van der Waals surface area contributed by atoms with E-state index in [0.717, 1.165) is 31.2 Å². The third kappa shape index (κ3) is 4.60. The molecule has 1 amide bonds. The van der Waals surface area contributed by atoms with E-state index in [1.807, 2.05) is 18.2 Å². The Morgan fingerprint density at radius 1 is 1.06 bits per heavy atom. The van der Waals surface area contributed by atoms with Crippen LogP contribution in [0.1, 0.15) is 73.2 Å². The minimum atomic E-state index is -0.593. The second-order valence-electron chi connectivity index (χ2n) is 9.48. The second kappa shape index (κ2) is 10.7. The molecule has 0 aliphatic carbocycles. The van der Waals surface area contributed by atoms with Gasteiger partial charge in [-0.25, -0.2) is 0 Å². The van der Waals surface area contributed by atoms with Gasteiger partial charge in [0.25, 0.3) is 5.91 Å². The van der Waals surface area contributed by atoms with Crippen molar-refractivity contribution in [2.75, 3.05) is 26.9 Å². The van der Waals surface area contributed by atoms with Gasteiger partial charge in [-0.05, 0) is 49.1 Å². The molecule has 2 aromatic carbocycles. The average Bonchev–Trinajstić information content (AvgIpc) is 3.51. The number of hydrogen-bond donors (Lipinski definition) is 0. The third-order valence-electron chi connectivity index (χ3n) is 7.06. The van der Waals surface area contributed by atoms with Crippen LogP contribution in [-0.2, 0) is 4.74 Å². The smallest absolute Gasteiger partial charge is 0.291 e. The molecule has 0 bridgehead atoms. The molecule has 0 spiro atoms. The highest BCUT2D eigenvalue weighted by molar-refractivity contribution is 5.99. The molecule has 5 rings (SSSR count). The minimum Gasteiger partial charge on any atom is -0.493 e. The first-order chi connectivity index (χ1) is 17.6. The molecule has 2 unspecified atom stereocenters. The second-order valence-corrected chi connectivity index (χ2v) is 9.48. The number of fused-ring (bicyclic) bond motifs is 2. The zero-order chi connectivity index (χ0) is 25.1. The summed E-state index contributed by atoms with van der Waals surface area (Å²) >= 11 is 0. The lowest BCUT2D eigenvalue weighted by molar-refractivity contribution is 0.0486. The molecule has 0 N–H and O–H groups in total. The summed E-state index contributed by atoms with van der Waals surface area (Å²) < 4.78 is 23.5. The maximum absolute atomic E-state index is 13.7. The topological polar surface area (TPSA) is 78.2 Å². The molecule has 1 saturated heterocycles. The fourth-order valence-corrected chi connectivity index (χ4v) is 5.19. The molecule has 36 heavy (non-hydrogen) atoms. The molecule has 7 heteroatoms. The van der Waals surface area contributed by atoms with E-state index in [9.17, 15) is 9.59 Å². The highest BCUT2D eigenvalue weighted by Crippen LogP contribution is 2.41. The number of carbonyl (C=O) groups is 1. The van der Waals surface area contributed by atoms with E-state index in [-0.39, 0.29) is 23.2 Å². The summed E-state index contributed by atoms with van der Waals surface area (Å²) in [6.07, 6.45) is 6.24. The Hall–Kier alpha value is -3.32. The van der Waals surface area contributed by atoms with Gasteiger partial charge in [0.2, 0.25) is 5.76 Å².